The third kappa shape index (κ3) is 6.20. The van der Waals surface area contributed by atoms with E-state index >= 15 is 0 Å². The number of nitrogens with two attached hydrogens (primary N) is 1. The van der Waals surface area contributed by atoms with Crippen molar-refractivity contribution in [2.45, 2.75) is 51.4 Å². The molecule has 9 heteroatoms. The average molecular weight is 335 g/mol. The molecule has 0 saturated carbocycles. The number of aliphatic hydroxyl groups is 1. The second kappa shape index (κ2) is 9.65. The van der Waals surface area contributed by atoms with Crippen LogP contribution in [0.25, 0.3) is 0 Å². The second-order valence-corrected chi connectivity index (χ2v) is 5.59. The molecule has 0 aromatic rings. The van der Waals surface area contributed by atoms with Gasteiger partial charge in [-0.2, -0.15) is 12.6 Å². The lowest BCUT2D eigenvalue weighted by Crippen LogP contribution is -2.57. The lowest BCUT2D eigenvalue weighted by molar-refractivity contribution is -0.143. The maximum absolute atomic E-state index is 12.1. The Kier molecular flexibility index (Phi) is 9.07. The van der Waals surface area contributed by atoms with Gasteiger partial charge in [-0.1, -0.05) is 20.3 Å². The number of amides is 2. The Morgan fingerprint density at radius 2 is 1.73 bits per heavy atom. The molecule has 2 amide bonds. The third-order valence-corrected chi connectivity index (χ3v) is 3.78. The number of aliphatic hydroxyl groups excluding tert-OH is 1. The minimum atomic E-state index is -1.18. The van der Waals surface area contributed by atoms with E-state index in [1.807, 2.05) is 6.92 Å². The van der Waals surface area contributed by atoms with Gasteiger partial charge in [0.25, 0.3) is 0 Å². The van der Waals surface area contributed by atoms with E-state index < -0.39 is 42.0 Å². The fourth-order valence-corrected chi connectivity index (χ4v) is 1.88. The Morgan fingerprint density at radius 1 is 1.18 bits per heavy atom. The summed E-state index contributed by atoms with van der Waals surface area (Å²) in [6.07, 6.45) is -0.502. The first-order valence-corrected chi connectivity index (χ1v) is 7.66. The first-order valence-electron chi connectivity index (χ1n) is 7.03. The quantitative estimate of drug-likeness (QED) is 0.290. The smallest absolute Gasteiger partial charge is 0.326 e. The molecule has 0 saturated heterocycles. The standard InChI is InChI=1S/C13H25N3O5S/c1-4-6(2)10(13(20)21)16-11(18)8(5-22)15-12(19)9(14)7(3)17/h6-10,17,22H,4-5,14H2,1-3H3,(H,15,19)(H,16,18)(H,20,21). The summed E-state index contributed by atoms with van der Waals surface area (Å²) in [6.45, 7) is 4.87. The summed E-state index contributed by atoms with van der Waals surface area (Å²) in [7, 11) is 0. The van der Waals surface area contributed by atoms with Crippen molar-refractivity contribution in [1.82, 2.24) is 10.6 Å². The zero-order valence-corrected chi connectivity index (χ0v) is 13.8. The summed E-state index contributed by atoms with van der Waals surface area (Å²) in [5.41, 5.74) is 5.47. The zero-order chi connectivity index (χ0) is 17.4. The van der Waals surface area contributed by atoms with E-state index in [0.717, 1.165) is 0 Å². The van der Waals surface area contributed by atoms with E-state index in [1.165, 1.54) is 6.92 Å². The largest absolute Gasteiger partial charge is 0.480 e. The maximum Gasteiger partial charge on any atom is 0.326 e. The van der Waals surface area contributed by atoms with Crippen LogP contribution in [0.3, 0.4) is 0 Å². The Morgan fingerprint density at radius 3 is 2.09 bits per heavy atom. The van der Waals surface area contributed by atoms with E-state index in [9.17, 15) is 19.5 Å². The molecule has 0 spiro atoms. The van der Waals surface area contributed by atoms with Crippen LogP contribution in [0.4, 0.5) is 0 Å². The Labute approximate surface area is 135 Å². The lowest BCUT2D eigenvalue weighted by Gasteiger charge is -2.24. The molecule has 5 atom stereocenters. The van der Waals surface area contributed by atoms with Gasteiger partial charge in [-0.05, 0) is 12.8 Å². The molecular formula is C13H25N3O5S. The molecule has 0 aliphatic rings. The van der Waals surface area contributed by atoms with Crippen molar-refractivity contribution >= 4 is 30.4 Å². The van der Waals surface area contributed by atoms with Crippen LogP contribution in [0.1, 0.15) is 27.2 Å². The summed E-state index contributed by atoms with van der Waals surface area (Å²) >= 11 is 3.97. The number of hydrogen-bond donors (Lipinski definition) is 6. The van der Waals surface area contributed by atoms with Gasteiger partial charge in [-0.3, -0.25) is 9.59 Å². The minimum Gasteiger partial charge on any atom is -0.480 e. The molecule has 0 aromatic heterocycles. The molecular weight excluding hydrogens is 310 g/mol. The third-order valence-electron chi connectivity index (χ3n) is 3.41. The molecule has 0 aliphatic heterocycles. The van der Waals surface area contributed by atoms with Gasteiger partial charge in [0.2, 0.25) is 11.8 Å². The van der Waals surface area contributed by atoms with Crippen LogP contribution in [0.15, 0.2) is 0 Å². The number of carboxylic acids is 1. The molecule has 8 nitrogen and oxygen atoms in total. The van der Waals surface area contributed by atoms with Crippen molar-refractivity contribution in [3.05, 3.63) is 0 Å². The van der Waals surface area contributed by atoms with E-state index in [-0.39, 0.29) is 11.7 Å². The van der Waals surface area contributed by atoms with Gasteiger partial charge in [-0.25, -0.2) is 4.79 Å². The number of rotatable bonds is 9. The van der Waals surface area contributed by atoms with Crippen LogP contribution >= 0.6 is 12.6 Å². The molecule has 0 radical (unpaired) electrons. The molecule has 0 aliphatic carbocycles. The number of thiol groups is 1. The molecule has 0 rings (SSSR count). The number of hydrogen-bond acceptors (Lipinski definition) is 6. The monoisotopic (exact) mass is 335 g/mol. The average Bonchev–Trinajstić information content (AvgIpc) is 2.47. The zero-order valence-electron chi connectivity index (χ0n) is 12.9. The van der Waals surface area contributed by atoms with Gasteiger partial charge >= 0.3 is 5.97 Å². The predicted octanol–water partition coefficient (Wildman–Crippen LogP) is -1.28. The SMILES string of the molecule is CCC(C)C(NC(=O)C(CS)NC(=O)C(N)C(C)O)C(=O)O. The second-order valence-electron chi connectivity index (χ2n) is 5.22. The normalized spacial score (nSPS) is 17.7. The molecule has 0 fully saturated rings. The first kappa shape index (κ1) is 20.7. The maximum atomic E-state index is 12.1. The topological polar surface area (TPSA) is 142 Å². The lowest BCUT2D eigenvalue weighted by atomic mass is 9.99. The molecule has 5 unspecified atom stereocenters. The van der Waals surface area contributed by atoms with E-state index in [4.69, 9.17) is 10.8 Å². The van der Waals surface area contributed by atoms with E-state index in [0.29, 0.717) is 6.42 Å². The van der Waals surface area contributed by atoms with Crippen molar-refractivity contribution < 1.29 is 24.6 Å². The van der Waals surface area contributed by atoms with Crippen LogP contribution in [-0.2, 0) is 14.4 Å². The fraction of sp³-hybridized carbons (Fsp3) is 0.769. The van der Waals surface area contributed by atoms with Crippen LogP contribution < -0.4 is 16.4 Å². The molecule has 0 aromatic carbocycles. The highest BCUT2D eigenvalue weighted by molar-refractivity contribution is 7.80. The fourth-order valence-electron chi connectivity index (χ4n) is 1.62. The van der Waals surface area contributed by atoms with Crippen LogP contribution in [0.5, 0.6) is 0 Å². The summed E-state index contributed by atoms with van der Waals surface area (Å²) in [4.78, 5) is 35.0. The summed E-state index contributed by atoms with van der Waals surface area (Å²) in [5.74, 6) is -2.81. The minimum absolute atomic E-state index is 0.0308. The van der Waals surface area contributed by atoms with E-state index in [2.05, 4.69) is 23.3 Å². The predicted molar refractivity (Wildman–Crippen MR) is 84.5 cm³/mol. The first-order chi connectivity index (χ1) is 10.1. The highest BCUT2D eigenvalue weighted by Gasteiger charge is 2.30. The number of carboxylic acid groups (broad SMARTS) is 1. The summed E-state index contributed by atoms with van der Waals surface area (Å²) < 4.78 is 0. The number of carbonyl (C=O) groups is 3. The summed E-state index contributed by atoms with van der Waals surface area (Å²) in [5, 5.41) is 23.1. The van der Waals surface area contributed by atoms with Gasteiger partial charge in [0.05, 0.1) is 6.10 Å². The molecule has 0 bridgehead atoms. The van der Waals surface area contributed by atoms with Crippen LogP contribution in [0.2, 0.25) is 0 Å². The highest BCUT2D eigenvalue weighted by Crippen LogP contribution is 2.08. The van der Waals surface area contributed by atoms with Gasteiger partial charge in [0.15, 0.2) is 0 Å². The van der Waals surface area contributed by atoms with Gasteiger partial charge in [0.1, 0.15) is 18.1 Å². The Hall–Kier alpha value is -1.32. The van der Waals surface area contributed by atoms with Gasteiger partial charge in [-0.15, -0.1) is 0 Å². The highest BCUT2D eigenvalue weighted by atomic mass is 32.1. The van der Waals surface area contributed by atoms with Crippen LogP contribution in [-0.4, -0.2) is 58.0 Å². The number of carbonyl (C=O) groups excluding carboxylic acids is 2. The number of nitrogens with one attached hydrogen (secondary N) is 2. The van der Waals surface area contributed by atoms with Crippen molar-refractivity contribution in [1.29, 1.82) is 0 Å². The molecule has 128 valence electrons. The van der Waals surface area contributed by atoms with Gasteiger partial charge < -0.3 is 26.6 Å². The molecule has 6 N–H and O–H groups in total. The van der Waals surface area contributed by atoms with Crippen molar-refractivity contribution in [2.75, 3.05) is 5.75 Å². The van der Waals surface area contributed by atoms with Crippen molar-refractivity contribution in [2.24, 2.45) is 11.7 Å². The van der Waals surface area contributed by atoms with Crippen molar-refractivity contribution in [3.8, 4) is 0 Å². The van der Waals surface area contributed by atoms with Gasteiger partial charge in [0, 0.05) is 5.75 Å². The molecule has 0 heterocycles. The van der Waals surface area contributed by atoms with Crippen molar-refractivity contribution in [3.63, 3.8) is 0 Å². The molecule has 22 heavy (non-hydrogen) atoms. The Balaban J connectivity index is 4.84. The number of aliphatic carboxylic acids is 1. The van der Waals surface area contributed by atoms with Crippen LogP contribution in [0, 0.1) is 5.92 Å². The Bertz CT molecular complexity index is 405. The van der Waals surface area contributed by atoms with E-state index in [1.54, 1.807) is 6.92 Å². The summed E-state index contributed by atoms with van der Waals surface area (Å²) in [6, 6.07) is -3.27.